The Labute approximate surface area is 189 Å². The fraction of sp³-hybridized carbons (Fsp3) is 0.963. The van der Waals surface area contributed by atoms with Gasteiger partial charge >= 0.3 is 0 Å². The van der Waals surface area contributed by atoms with E-state index in [-0.39, 0.29) is 33.4 Å². The number of hydrogen-bond acceptors (Lipinski definition) is 3. The number of carbonyl (C=O) groups is 1. The Morgan fingerprint density at radius 1 is 0.935 bits per heavy atom. The number of carbonyl (C=O) groups excluding carboxylic acids is 1. The first-order chi connectivity index (χ1) is 14.6. The van der Waals surface area contributed by atoms with E-state index in [1.54, 1.807) is 0 Å². The minimum Gasteiger partial charge on any atom is -0.292 e. The van der Waals surface area contributed by atoms with Crippen LogP contribution < -0.4 is 0 Å². The van der Waals surface area contributed by atoms with Crippen molar-refractivity contribution in [1.82, 2.24) is 0 Å². The Bertz CT molecular complexity index is 705. The SMILES string of the molecule is CC(C)CCC[C@@H](C)[C@H]1CC[C@H]2[C@@H]3C(=O)[C@H]([N+](=O)[O-])[C@H]4CCCC[C@]4(C)[C@H]3CC[C@]12C. The van der Waals surface area contributed by atoms with E-state index in [4.69, 9.17) is 0 Å². The van der Waals surface area contributed by atoms with Gasteiger partial charge in [0.25, 0.3) is 6.04 Å². The quantitative estimate of drug-likeness (QED) is 0.338. The van der Waals surface area contributed by atoms with Crippen LogP contribution in [0.5, 0.6) is 0 Å². The molecule has 176 valence electrons. The van der Waals surface area contributed by atoms with Crippen molar-refractivity contribution in [1.29, 1.82) is 0 Å². The summed E-state index contributed by atoms with van der Waals surface area (Å²) < 4.78 is 0. The van der Waals surface area contributed by atoms with Crippen molar-refractivity contribution in [3.63, 3.8) is 0 Å². The van der Waals surface area contributed by atoms with E-state index in [1.807, 2.05) is 0 Å². The van der Waals surface area contributed by atoms with Crippen LogP contribution in [0.15, 0.2) is 0 Å². The van der Waals surface area contributed by atoms with Crippen LogP contribution in [0.1, 0.15) is 105 Å². The normalized spacial score (nSPS) is 45.7. The van der Waals surface area contributed by atoms with Crippen LogP contribution in [0, 0.1) is 62.4 Å². The topological polar surface area (TPSA) is 60.2 Å². The largest absolute Gasteiger partial charge is 0.292 e. The van der Waals surface area contributed by atoms with E-state index < -0.39 is 6.04 Å². The van der Waals surface area contributed by atoms with Gasteiger partial charge in [-0.1, -0.05) is 66.7 Å². The summed E-state index contributed by atoms with van der Waals surface area (Å²) >= 11 is 0. The van der Waals surface area contributed by atoms with Gasteiger partial charge in [-0.25, -0.2) is 0 Å². The van der Waals surface area contributed by atoms with E-state index >= 15 is 0 Å². The lowest BCUT2D eigenvalue weighted by Crippen LogP contribution is -2.63. The molecule has 0 unspecified atom stereocenters. The van der Waals surface area contributed by atoms with Crippen molar-refractivity contribution in [3.8, 4) is 0 Å². The van der Waals surface area contributed by atoms with Gasteiger partial charge in [-0.05, 0) is 78.9 Å². The monoisotopic (exact) mass is 431 g/mol. The number of nitrogens with zero attached hydrogens (tertiary/aromatic N) is 1. The number of nitro groups is 1. The molecule has 4 fully saturated rings. The lowest BCUT2D eigenvalue weighted by molar-refractivity contribution is -0.526. The molecule has 4 nitrogen and oxygen atoms in total. The van der Waals surface area contributed by atoms with Gasteiger partial charge < -0.3 is 0 Å². The Morgan fingerprint density at radius 3 is 2.32 bits per heavy atom. The first kappa shape index (κ1) is 23.2. The molecule has 0 radical (unpaired) electrons. The average Bonchev–Trinajstić information content (AvgIpc) is 3.05. The van der Waals surface area contributed by atoms with Gasteiger partial charge in [0.2, 0.25) is 5.78 Å². The molecular weight excluding hydrogens is 386 g/mol. The smallest absolute Gasteiger partial charge is 0.273 e. The lowest BCUT2D eigenvalue weighted by Gasteiger charge is -2.59. The molecule has 9 atom stereocenters. The maximum atomic E-state index is 13.8. The van der Waals surface area contributed by atoms with Crippen LogP contribution in [0.25, 0.3) is 0 Å². The zero-order valence-electron chi connectivity index (χ0n) is 20.6. The van der Waals surface area contributed by atoms with Crippen molar-refractivity contribution in [2.45, 2.75) is 111 Å². The predicted molar refractivity (Wildman–Crippen MR) is 124 cm³/mol. The first-order valence-electron chi connectivity index (χ1n) is 13.3. The number of rotatable bonds is 6. The maximum Gasteiger partial charge on any atom is 0.273 e. The number of ketones is 1. The molecule has 4 aliphatic carbocycles. The minimum atomic E-state index is -0.948. The standard InChI is InChI=1S/C27H45NO3/c1-17(2)9-8-10-18(3)19-12-13-20-23-21(14-16-27(19,20)5)26(4)15-7-6-11-22(26)24(25(23)29)28(30)31/h17-24H,6-16H2,1-5H3/t18-,19-,20+,21+,22-,23+,24-,26-,27-/m1/s1. The molecule has 0 N–H and O–H groups in total. The highest BCUT2D eigenvalue weighted by Gasteiger charge is 2.67. The highest BCUT2D eigenvalue weighted by atomic mass is 16.6. The molecule has 0 saturated heterocycles. The van der Waals surface area contributed by atoms with Gasteiger partial charge in [0, 0.05) is 16.8 Å². The summed E-state index contributed by atoms with van der Waals surface area (Å²) in [6.45, 7) is 11.8. The Balaban J connectivity index is 1.60. The molecule has 31 heavy (non-hydrogen) atoms. The molecule has 4 heteroatoms. The van der Waals surface area contributed by atoms with Crippen LogP contribution >= 0.6 is 0 Å². The highest BCUT2D eigenvalue weighted by Crippen LogP contribution is 2.67. The summed E-state index contributed by atoms with van der Waals surface area (Å²) in [6.07, 6.45) is 12.7. The predicted octanol–water partition coefficient (Wildman–Crippen LogP) is 6.93. The van der Waals surface area contributed by atoms with Crippen molar-refractivity contribution in [2.75, 3.05) is 0 Å². The van der Waals surface area contributed by atoms with Gasteiger partial charge in [0.05, 0.1) is 0 Å². The van der Waals surface area contributed by atoms with Crippen LogP contribution in [0.4, 0.5) is 0 Å². The summed E-state index contributed by atoms with van der Waals surface area (Å²) in [7, 11) is 0. The Kier molecular flexibility index (Phi) is 6.33. The van der Waals surface area contributed by atoms with Crippen LogP contribution in [0.3, 0.4) is 0 Å². The fourth-order valence-electron chi connectivity index (χ4n) is 9.31. The molecule has 0 aromatic carbocycles. The van der Waals surface area contributed by atoms with E-state index in [1.165, 1.54) is 38.5 Å². The van der Waals surface area contributed by atoms with E-state index in [9.17, 15) is 14.9 Å². The molecule has 4 rings (SSSR count). The molecule has 0 aliphatic heterocycles. The Morgan fingerprint density at radius 2 is 1.65 bits per heavy atom. The second kappa shape index (κ2) is 8.45. The van der Waals surface area contributed by atoms with Gasteiger partial charge in [0.1, 0.15) is 0 Å². The lowest BCUT2D eigenvalue weighted by atomic mass is 9.43. The average molecular weight is 432 g/mol. The molecule has 0 aromatic heterocycles. The van der Waals surface area contributed by atoms with E-state index in [2.05, 4.69) is 34.6 Å². The van der Waals surface area contributed by atoms with Crippen molar-refractivity contribution in [3.05, 3.63) is 10.1 Å². The molecule has 0 aromatic rings. The summed E-state index contributed by atoms with van der Waals surface area (Å²) in [5.74, 6) is 2.76. The molecule has 0 amide bonds. The molecule has 4 saturated carbocycles. The van der Waals surface area contributed by atoms with E-state index in [0.29, 0.717) is 23.7 Å². The maximum absolute atomic E-state index is 13.8. The summed E-state index contributed by atoms with van der Waals surface area (Å²) in [5, 5.41) is 12.1. The zero-order chi connectivity index (χ0) is 22.6. The fourth-order valence-corrected chi connectivity index (χ4v) is 9.31. The highest BCUT2D eigenvalue weighted by molar-refractivity contribution is 5.87. The third-order valence-corrected chi connectivity index (χ3v) is 10.9. The summed E-state index contributed by atoms with van der Waals surface area (Å²) in [6, 6.07) is -0.948. The van der Waals surface area contributed by atoms with Crippen molar-refractivity contribution < 1.29 is 9.72 Å². The molecule has 0 heterocycles. The van der Waals surface area contributed by atoms with Crippen LogP contribution in [-0.2, 0) is 4.79 Å². The molecule has 0 bridgehead atoms. The number of fused-ring (bicyclic) bond motifs is 5. The summed E-state index contributed by atoms with van der Waals surface area (Å²) in [5.41, 5.74) is 0.171. The van der Waals surface area contributed by atoms with Crippen LogP contribution in [-0.4, -0.2) is 16.7 Å². The van der Waals surface area contributed by atoms with Gasteiger partial charge in [-0.15, -0.1) is 0 Å². The summed E-state index contributed by atoms with van der Waals surface area (Å²) in [4.78, 5) is 25.7. The Hall–Kier alpha value is -0.930. The zero-order valence-corrected chi connectivity index (χ0v) is 20.6. The molecule has 0 spiro atoms. The third kappa shape index (κ3) is 3.68. The van der Waals surface area contributed by atoms with Crippen molar-refractivity contribution >= 4 is 5.78 Å². The minimum absolute atomic E-state index is 0.0170. The van der Waals surface area contributed by atoms with E-state index in [0.717, 1.165) is 38.0 Å². The van der Waals surface area contributed by atoms with Gasteiger partial charge in [0.15, 0.2) is 0 Å². The van der Waals surface area contributed by atoms with Crippen LogP contribution in [0.2, 0.25) is 0 Å². The van der Waals surface area contributed by atoms with Gasteiger partial charge in [-0.3, -0.25) is 14.9 Å². The van der Waals surface area contributed by atoms with Crippen molar-refractivity contribution in [2.24, 2.45) is 52.3 Å². The molecular formula is C27H45NO3. The first-order valence-corrected chi connectivity index (χ1v) is 13.3. The second-order valence-corrected chi connectivity index (χ2v) is 12.8. The number of hydrogen-bond donors (Lipinski definition) is 0. The second-order valence-electron chi connectivity index (χ2n) is 12.8. The third-order valence-electron chi connectivity index (χ3n) is 10.9. The number of Topliss-reactive ketones (excluding diaryl/α,β-unsaturated/α-hetero) is 1. The van der Waals surface area contributed by atoms with Gasteiger partial charge in [-0.2, -0.15) is 0 Å². The molecule has 4 aliphatic rings.